The average molecular weight is 454 g/mol. The van der Waals surface area contributed by atoms with E-state index in [-0.39, 0.29) is 16.0 Å². The maximum Gasteiger partial charge on any atom is 0.241 e. The maximum atomic E-state index is 14.0. The molecule has 0 unspecified atom stereocenters. The number of carbonyl (C=O) groups is 2. The smallest absolute Gasteiger partial charge is 0.241 e. The van der Waals surface area contributed by atoms with Crippen molar-refractivity contribution in [3.05, 3.63) is 46.4 Å². The fraction of sp³-hybridized carbons (Fsp3) is 0.400. The summed E-state index contributed by atoms with van der Waals surface area (Å²) in [6, 6.07) is 7.20. The first kappa shape index (κ1) is 22.4. The summed E-state index contributed by atoms with van der Waals surface area (Å²) < 4.78 is 41.0. The lowest BCUT2D eigenvalue weighted by Gasteiger charge is -2.28. The highest BCUT2D eigenvalue weighted by Gasteiger charge is 2.36. The van der Waals surface area contributed by atoms with Gasteiger partial charge in [-0.05, 0) is 42.5 Å². The summed E-state index contributed by atoms with van der Waals surface area (Å²) in [7, 11) is -4.08. The van der Waals surface area contributed by atoms with Crippen molar-refractivity contribution in [2.45, 2.75) is 42.9 Å². The second-order valence-corrected chi connectivity index (χ2v) is 10.1. The van der Waals surface area contributed by atoms with Crippen LogP contribution in [0.4, 0.5) is 10.1 Å². The molecule has 3 rings (SSSR count). The molecule has 7 nitrogen and oxygen atoms in total. The fourth-order valence-electron chi connectivity index (χ4n) is 3.67. The highest BCUT2D eigenvalue weighted by molar-refractivity contribution is 7.89. The first-order chi connectivity index (χ1) is 14.2. The molecule has 1 fully saturated rings. The molecule has 1 aliphatic rings. The highest BCUT2D eigenvalue weighted by Crippen LogP contribution is 2.42. The Morgan fingerprint density at radius 1 is 1.20 bits per heavy atom. The topological polar surface area (TPSA) is 104 Å². The zero-order chi connectivity index (χ0) is 21.8. The maximum absolute atomic E-state index is 14.0. The van der Waals surface area contributed by atoms with Gasteiger partial charge in [0.05, 0.1) is 17.1 Å². The Morgan fingerprint density at radius 2 is 1.93 bits per heavy atom. The predicted octanol–water partition coefficient (Wildman–Crippen LogP) is 2.75. The third kappa shape index (κ3) is 5.24. The molecule has 3 N–H and O–H groups in total. The first-order valence-corrected chi connectivity index (χ1v) is 12.0. The average Bonchev–Trinajstić information content (AvgIpc) is 3.38. The Morgan fingerprint density at radius 3 is 2.53 bits per heavy atom. The monoisotopic (exact) mass is 453 g/mol. The van der Waals surface area contributed by atoms with E-state index < -0.39 is 34.2 Å². The van der Waals surface area contributed by atoms with Crippen LogP contribution >= 0.6 is 11.3 Å². The van der Waals surface area contributed by atoms with Gasteiger partial charge in [0, 0.05) is 23.8 Å². The van der Waals surface area contributed by atoms with Gasteiger partial charge >= 0.3 is 0 Å². The van der Waals surface area contributed by atoms with Gasteiger partial charge in [0.25, 0.3) is 0 Å². The van der Waals surface area contributed by atoms with Crippen molar-refractivity contribution in [2.24, 2.45) is 0 Å². The molecular formula is C20H24FN3O4S2. The molecule has 0 radical (unpaired) electrons. The molecular weight excluding hydrogens is 429 g/mol. The van der Waals surface area contributed by atoms with Gasteiger partial charge in [-0.2, -0.15) is 0 Å². The van der Waals surface area contributed by atoms with Crippen LogP contribution < -0.4 is 15.4 Å². The van der Waals surface area contributed by atoms with Gasteiger partial charge in [-0.15, -0.1) is 11.3 Å². The van der Waals surface area contributed by atoms with Crippen LogP contribution in [0.2, 0.25) is 0 Å². The van der Waals surface area contributed by atoms with Gasteiger partial charge < -0.3 is 10.6 Å². The number of carbonyl (C=O) groups excluding carboxylic acids is 2. The van der Waals surface area contributed by atoms with E-state index in [4.69, 9.17) is 0 Å². The largest absolute Gasteiger partial charge is 0.354 e. The molecule has 1 aromatic heterocycles. The Bertz CT molecular complexity index is 1020. The van der Waals surface area contributed by atoms with Crippen molar-refractivity contribution in [3.8, 4) is 0 Å². The van der Waals surface area contributed by atoms with E-state index >= 15 is 0 Å². The molecule has 162 valence electrons. The van der Waals surface area contributed by atoms with Crippen molar-refractivity contribution in [3.63, 3.8) is 0 Å². The Hall–Kier alpha value is -2.30. The second kappa shape index (κ2) is 9.23. The van der Waals surface area contributed by atoms with E-state index in [2.05, 4.69) is 21.4 Å². The summed E-state index contributed by atoms with van der Waals surface area (Å²) >= 11 is 1.67. The van der Waals surface area contributed by atoms with Gasteiger partial charge in [-0.1, -0.05) is 18.9 Å². The van der Waals surface area contributed by atoms with E-state index in [1.807, 2.05) is 11.4 Å². The van der Waals surface area contributed by atoms with E-state index in [0.717, 1.165) is 37.8 Å². The van der Waals surface area contributed by atoms with E-state index in [9.17, 15) is 22.4 Å². The van der Waals surface area contributed by atoms with Gasteiger partial charge in [0.2, 0.25) is 21.8 Å². The van der Waals surface area contributed by atoms with Crippen LogP contribution in [-0.2, 0) is 25.0 Å². The van der Waals surface area contributed by atoms with Crippen LogP contribution in [0.25, 0.3) is 0 Å². The van der Waals surface area contributed by atoms with Gasteiger partial charge in [-0.25, -0.2) is 17.5 Å². The van der Waals surface area contributed by atoms with Crippen molar-refractivity contribution in [2.75, 3.05) is 18.4 Å². The summed E-state index contributed by atoms with van der Waals surface area (Å²) in [5, 5.41) is 7.12. The lowest BCUT2D eigenvalue weighted by Crippen LogP contribution is -2.43. The zero-order valence-corrected chi connectivity index (χ0v) is 18.2. The third-order valence-electron chi connectivity index (χ3n) is 5.21. The standard InChI is InChI=1S/C20H24FN3O4S2/c1-14(25)24-17-7-6-15(11-16(17)21)30(27,28)23-12-19(26)22-13-20(8-2-3-9-20)18-5-4-10-29-18/h4-7,10-11,23H,2-3,8-9,12-13H2,1H3,(H,22,26)(H,24,25). The molecule has 1 aliphatic carbocycles. The van der Waals surface area contributed by atoms with Crippen molar-refractivity contribution in [1.82, 2.24) is 10.0 Å². The third-order valence-corrected chi connectivity index (χ3v) is 7.73. The number of anilines is 1. The minimum Gasteiger partial charge on any atom is -0.354 e. The van der Waals surface area contributed by atoms with Crippen LogP contribution in [0.3, 0.4) is 0 Å². The number of sulfonamides is 1. The molecule has 10 heteroatoms. The van der Waals surface area contributed by atoms with Crippen LogP contribution in [0.15, 0.2) is 40.6 Å². The molecule has 2 aromatic rings. The lowest BCUT2D eigenvalue weighted by atomic mass is 9.84. The Labute approximate surface area is 179 Å². The summed E-state index contributed by atoms with van der Waals surface area (Å²) in [4.78, 5) is 24.2. The van der Waals surface area contributed by atoms with Gasteiger partial charge in [-0.3, -0.25) is 9.59 Å². The molecule has 0 saturated heterocycles. The normalized spacial score (nSPS) is 15.7. The summed E-state index contributed by atoms with van der Waals surface area (Å²) in [6.45, 7) is 1.23. The number of amides is 2. The summed E-state index contributed by atoms with van der Waals surface area (Å²) in [6.07, 6.45) is 4.17. The Balaban J connectivity index is 1.58. The highest BCUT2D eigenvalue weighted by atomic mass is 32.2. The van der Waals surface area contributed by atoms with Crippen LogP contribution in [0.5, 0.6) is 0 Å². The number of hydrogen-bond acceptors (Lipinski definition) is 5. The molecule has 1 heterocycles. The zero-order valence-electron chi connectivity index (χ0n) is 16.5. The number of thiophene rings is 1. The number of benzene rings is 1. The van der Waals surface area contributed by atoms with Crippen LogP contribution in [0, 0.1) is 5.82 Å². The lowest BCUT2D eigenvalue weighted by molar-refractivity contribution is -0.120. The van der Waals surface area contributed by atoms with Gasteiger partial charge in [0.15, 0.2) is 0 Å². The quantitative estimate of drug-likeness (QED) is 0.572. The summed E-state index contributed by atoms with van der Waals surface area (Å²) in [5.41, 5.74) is -0.208. The molecule has 0 atom stereocenters. The van der Waals surface area contributed by atoms with Crippen LogP contribution in [0.1, 0.15) is 37.5 Å². The molecule has 1 aromatic carbocycles. The molecule has 30 heavy (non-hydrogen) atoms. The van der Waals surface area contributed by atoms with E-state index in [1.54, 1.807) is 11.3 Å². The second-order valence-electron chi connectivity index (χ2n) is 7.39. The van der Waals surface area contributed by atoms with Crippen LogP contribution in [-0.4, -0.2) is 33.3 Å². The van der Waals surface area contributed by atoms with Crippen molar-refractivity contribution >= 4 is 38.9 Å². The minimum absolute atomic E-state index is 0.0919. The fourth-order valence-corrected chi connectivity index (χ4v) is 5.65. The van der Waals surface area contributed by atoms with Crippen molar-refractivity contribution < 1.29 is 22.4 Å². The molecule has 0 aliphatic heterocycles. The molecule has 2 amide bonds. The predicted molar refractivity (Wildman–Crippen MR) is 113 cm³/mol. The number of rotatable bonds is 8. The number of halogens is 1. The molecule has 0 bridgehead atoms. The molecule has 0 spiro atoms. The summed E-state index contributed by atoms with van der Waals surface area (Å²) in [5.74, 6) is -1.80. The number of hydrogen-bond donors (Lipinski definition) is 3. The number of nitrogens with one attached hydrogen (secondary N) is 3. The van der Waals surface area contributed by atoms with Gasteiger partial charge in [0.1, 0.15) is 5.82 Å². The first-order valence-electron chi connectivity index (χ1n) is 9.59. The molecule has 1 saturated carbocycles. The minimum atomic E-state index is -4.08. The van der Waals surface area contributed by atoms with E-state index in [0.29, 0.717) is 6.54 Å². The SMILES string of the molecule is CC(=O)Nc1ccc(S(=O)(=O)NCC(=O)NCC2(c3cccs3)CCCC2)cc1F. The Kier molecular flexibility index (Phi) is 6.89. The van der Waals surface area contributed by atoms with E-state index in [1.165, 1.54) is 17.9 Å². The van der Waals surface area contributed by atoms with Crippen molar-refractivity contribution in [1.29, 1.82) is 0 Å².